The van der Waals surface area contributed by atoms with Crippen LogP contribution in [0.3, 0.4) is 0 Å². The van der Waals surface area contributed by atoms with Gasteiger partial charge in [0, 0.05) is 6.20 Å². The van der Waals surface area contributed by atoms with Gasteiger partial charge in [-0.25, -0.2) is 4.98 Å². The van der Waals surface area contributed by atoms with Crippen LogP contribution in [0, 0.1) is 0 Å². The molecule has 0 radical (unpaired) electrons. The summed E-state index contributed by atoms with van der Waals surface area (Å²) >= 11 is 0. The molecular weight excluding hydrogens is 212 g/mol. The number of aromatic carboxylic acids is 1. The van der Waals surface area contributed by atoms with Crippen molar-refractivity contribution in [3.05, 3.63) is 23.4 Å². The minimum Gasteiger partial charge on any atom is -0.846 e. The Hall–Kier alpha value is -0.425. The first-order valence-electron chi connectivity index (χ1n) is 4.33. The molecule has 1 rings (SSSR count). The van der Waals surface area contributed by atoms with Crippen molar-refractivity contribution < 1.29 is 57.5 Å². The van der Waals surface area contributed by atoms with Crippen LogP contribution in [0.1, 0.15) is 29.8 Å². The summed E-state index contributed by atoms with van der Waals surface area (Å²) in [6, 6.07) is 1.36. The fraction of sp³-hybridized carbons (Fsp3) is 0.400. The summed E-state index contributed by atoms with van der Waals surface area (Å²) in [6.07, 6.45) is 1.33. The summed E-state index contributed by atoms with van der Waals surface area (Å²) in [5, 5.41) is 22.6. The van der Waals surface area contributed by atoms with E-state index in [0.29, 0.717) is 0 Å². The third-order valence-electron chi connectivity index (χ3n) is 1.96. The number of methoxy groups -OCH3 is 1. The average molecular weight is 223 g/mol. The van der Waals surface area contributed by atoms with Gasteiger partial charge in [-0.05, 0) is 11.6 Å². The average Bonchev–Trinajstić information content (AvgIpc) is 2.15. The minimum absolute atomic E-state index is 0. The molecule has 5 nitrogen and oxygen atoms in total. The molecule has 0 bridgehead atoms. The van der Waals surface area contributed by atoms with Crippen molar-refractivity contribution in [1.29, 1.82) is 0 Å². The van der Waals surface area contributed by atoms with E-state index in [9.17, 15) is 15.0 Å². The fourth-order valence-electron chi connectivity index (χ4n) is 1.30. The molecule has 0 N–H and O–H groups in total. The topological polar surface area (TPSA) is 85.3 Å². The first kappa shape index (κ1) is 18.9. The Labute approximate surface area is 124 Å². The Morgan fingerprint density at radius 2 is 1.94 bits per heavy atom. The molecule has 0 saturated carbocycles. The normalized spacial score (nSPS) is 9.88. The predicted octanol–water partition coefficient (Wildman–Crippen LogP) is -6.94. The maximum Gasteiger partial charge on any atom is 1.00 e. The number of ether oxygens (including phenoxy) is 1. The quantitative estimate of drug-likeness (QED) is 0.475. The second kappa shape index (κ2) is 7.11. The zero-order valence-corrected chi connectivity index (χ0v) is 10.7. The number of rotatable bonds is 3. The second-order valence-electron chi connectivity index (χ2n) is 3.54. The second-order valence-corrected chi connectivity index (χ2v) is 3.54. The van der Waals surface area contributed by atoms with Crippen LogP contribution in [0.25, 0.3) is 0 Å². The van der Waals surface area contributed by atoms with Crippen LogP contribution in [0.4, 0.5) is 0 Å². The molecule has 0 fully saturated rings. The summed E-state index contributed by atoms with van der Waals surface area (Å²) < 4.78 is 4.77. The number of hydrogen-bond acceptors (Lipinski definition) is 5. The third-order valence-corrected chi connectivity index (χ3v) is 1.96. The molecule has 0 unspecified atom stereocenters. The largest absolute Gasteiger partial charge is 1.00 e. The molecule has 0 spiro atoms. The van der Waals surface area contributed by atoms with Gasteiger partial charge >= 0.3 is 37.7 Å². The number of carboxylic acid groups (broad SMARTS) is 1. The van der Waals surface area contributed by atoms with Gasteiger partial charge < -0.3 is 19.7 Å². The van der Waals surface area contributed by atoms with Crippen molar-refractivity contribution in [2.75, 3.05) is 7.11 Å². The Bertz CT molecular complexity index is 390. The van der Waals surface area contributed by atoms with Gasteiger partial charge in [-0.2, -0.15) is 0 Å². The van der Waals surface area contributed by atoms with E-state index in [1.54, 1.807) is 0 Å². The molecular formula is C10H11Li2NO4. The van der Waals surface area contributed by atoms with Crippen molar-refractivity contribution in [3.63, 3.8) is 0 Å². The number of nitrogens with zero attached hydrogens (tertiary/aromatic N) is 1. The zero-order valence-electron chi connectivity index (χ0n) is 10.7. The Kier molecular flexibility index (Phi) is 7.91. The Balaban J connectivity index is 0. The molecule has 0 amide bonds. The molecule has 0 atom stereocenters. The summed E-state index contributed by atoms with van der Waals surface area (Å²) in [6.45, 7) is 2.74. The first-order chi connectivity index (χ1) is 6.88. The van der Waals surface area contributed by atoms with Gasteiger partial charge in [-0.15, -0.1) is 0 Å². The number of aromatic nitrogens is 1. The van der Waals surface area contributed by atoms with Crippen LogP contribution in [-0.2, 0) is 5.60 Å². The van der Waals surface area contributed by atoms with Crippen LogP contribution < -0.4 is 52.7 Å². The molecule has 0 aliphatic carbocycles. The van der Waals surface area contributed by atoms with Gasteiger partial charge in [0.25, 0.3) is 0 Å². The fourth-order valence-corrected chi connectivity index (χ4v) is 1.30. The predicted molar refractivity (Wildman–Crippen MR) is 48.1 cm³/mol. The monoisotopic (exact) mass is 223 g/mol. The summed E-state index contributed by atoms with van der Waals surface area (Å²) in [4.78, 5) is 14.6. The van der Waals surface area contributed by atoms with Gasteiger partial charge in [0.05, 0.1) is 18.6 Å². The minimum atomic E-state index is -1.54. The molecule has 1 aromatic heterocycles. The molecule has 7 heteroatoms. The van der Waals surface area contributed by atoms with Crippen molar-refractivity contribution in [2.24, 2.45) is 0 Å². The molecule has 0 aromatic carbocycles. The van der Waals surface area contributed by atoms with E-state index in [1.165, 1.54) is 33.2 Å². The van der Waals surface area contributed by atoms with E-state index in [4.69, 9.17) is 4.74 Å². The summed E-state index contributed by atoms with van der Waals surface area (Å²) in [5.41, 5.74) is -1.71. The molecule has 0 aliphatic rings. The number of carbonyl (C=O) groups is 1. The SMILES string of the molecule is COc1nccc(C(C)(C)[O-])c1C(=O)[O-].[Li+].[Li+]. The first-order valence-corrected chi connectivity index (χ1v) is 4.33. The van der Waals surface area contributed by atoms with Gasteiger partial charge in [0.1, 0.15) is 0 Å². The van der Waals surface area contributed by atoms with Gasteiger partial charge in [0.2, 0.25) is 5.88 Å². The van der Waals surface area contributed by atoms with Crippen LogP contribution >= 0.6 is 0 Å². The molecule has 1 aromatic rings. The summed E-state index contributed by atoms with van der Waals surface area (Å²) in [7, 11) is 1.29. The molecule has 17 heavy (non-hydrogen) atoms. The van der Waals surface area contributed by atoms with Crippen LogP contribution in [0.15, 0.2) is 12.3 Å². The number of pyridine rings is 1. The van der Waals surface area contributed by atoms with Crippen molar-refractivity contribution in [1.82, 2.24) is 4.98 Å². The van der Waals surface area contributed by atoms with Gasteiger partial charge in [-0.1, -0.05) is 19.4 Å². The molecule has 1 heterocycles. The number of carboxylic acids is 1. The van der Waals surface area contributed by atoms with Crippen molar-refractivity contribution >= 4 is 5.97 Å². The number of carbonyl (C=O) groups excluding carboxylic acids is 1. The molecule has 82 valence electrons. The number of hydrogen-bond donors (Lipinski definition) is 0. The van der Waals surface area contributed by atoms with Crippen LogP contribution in [0.5, 0.6) is 5.88 Å². The van der Waals surface area contributed by atoms with E-state index in [-0.39, 0.29) is 54.7 Å². The van der Waals surface area contributed by atoms with Gasteiger partial charge in [-0.3, -0.25) is 0 Å². The van der Waals surface area contributed by atoms with Crippen molar-refractivity contribution in [2.45, 2.75) is 19.4 Å². The van der Waals surface area contributed by atoms with Gasteiger partial charge in [0.15, 0.2) is 0 Å². The maximum absolute atomic E-state index is 11.7. The smallest absolute Gasteiger partial charge is 0.846 e. The van der Waals surface area contributed by atoms with E-state index in [0.717, 1.165) is 0 Å². The Morgan fingerprint density at radius 1 is 1.41 bits per heavy atom. The summed E-state index contributed by atoms with van der Waals surface area (Å²) in [5.74, 6) is -1.56. The van der Waals surface area contributed by atoms with E-state index >= 15 is 0 Å². The van der Waals surface area contributed by atoms with Crippen molar-refractivity contribution in [3.8, 4) is 5.88 Å². The standard InChI is InChI=1S/C10H12NO4.2Li/c1-10(2,14)6-4-5-11-8(15-3)7(6)9(12)13;;/h4-5H,1-3H3,(H,12,13);;/q-1;2*+1/p-1. The third kappa shape index (κ3) is 4.39. The van der Waals surface area contributed by atoms with Crippen LogP contribution in [-0.4, -0.2) is 18.1 Å². The van der Waals surface area contributed by atoms with E-state index in [2.05, 4.69) is 4.98 Å². The molecule has 0 saturated heterocycles. The molecule has 0 aliphatic heterocycles. The maximum atomic E-state index is 11.7. The van der Waals surface area contributed by atoms with E-state index in [1.807, 2.05) is 0 Å². The zero-order chi connectivity index (χ0) is 11.6. The van der Waals surface area contributed by atoms with E-state index < -0.39 is 11.6 Å². The van der Waals surface area contributed by atoms with Crippen LogP contribution in [0.2, 0.25) is 0 Å². The Morgan fingerprint density at radius 3 is 2.29 bits per heavy atom.